The zero-order chi connectivity index (χ0) is 15.5. The lowest BCUT2D eigenvalue weighted by Crippen LogP contribution is -2.32. The minimum atomic E-state index is -0.721. The Labute approximate surface area is 123 Å². The monoisotopic (exact) mass is 305 g/mol. The number of carbonyl (C=O) groups excluding carboxylic acids is 3. The van der Waals surface area contributed by atoms with Gasteiger partial charge in [0.2, 0.25) is 11.7 Å². The average molecular weight is 305 g/mol. The lowest BCUT2D eigenvalue weighted by molar-refractivity contribution is -0.197. The smallest absolute Gasteiger partial charge is 0.333 e. The van der Waals surface area contributed by atoms with Crippen LogP contribution in [0.4, 0.5) is 0 Å². The first-order valence-electron chi connectivity index (χ1n) is 6.56. The van der Waals surface area contributed by atoms with Gasteiger partial charge in [-0.15, -0.1) is 5.06 Å². The number of hydrogen-bond donors (Lipinski definition) is 0. The van der Waals surface area contributed by atoms with Crippen molar-refractivity contribution in [1.82, 2.24) is 15.2 Å². The van der Waals surface area contributed by atoms with Crippen LogP contribution in [0.2, 0.25) is 0 Å². The van der Waals surface area contributed by atoms with Crippen LogP contribution in [-0.2, 0) is 25.6 Å². The number of carbonyl (C=O) groups is 3. The first-order chi connectivity index (χ1) is 10.6. The molecule has 2 aromatic rings. The molecule has 0 aliphatic carbocycles. The van der Waals surface area contributed by atoms with Crippen molar-refractivity contribution in [2.24, 2.45) is 0 Å². The number of aryl methyl sites for hydroxylation is 1. The highest BCUT2D eigenvalue weighted by Crippen LogP contribution is 2.17. The first kappa shape index (κ1) is 14.0. The van der Waals surface area contributed by atoms with Gasteiger partial charge in [-0.05, 0) is 12.1 Å². The van der Waals surface area contributed by atoms with E-state index in [0.29, 0.717) is 10.8 Å². The summed E-state index contributed by atoms with van der Waals surface area (Å²) >= 11 is 0. The van der Waals surface area contributed by atoms with Crippen LogP contribution >= 0.6 is 0 Å². The van der Waals surface area contributed by atoms with E-state index in [1.54, 1.807) is 12.1 Å². The Kier molecular flexibility index (Phi) is 3.69. The van der Waals surface area contributed by atoms with Gasteiger partial charge < -0.3 is 13.8 Å². The fourth-order valence-electron chi connectivity index (χ4n) is 1.88. The van der Waals surface area contributed by atoms with Gasteiger partial charge in [0.15, 0.2) is 5.76 Å². The molecule has 114 valence electrons. The summed E-state index contributed by atoms with van der Waals surface area (Å²) in [7, 11) is 0. The molecule has 3 heterocycles. The number of hydrogen-bond acceptors (Lipinski definition) is 8. The molecule has 0 unspecified atom stereocenters. The van der Waals surface area contributed by atoms with Crippen LogP contribution in [0.1, 0.15) is 25.2 Å². The van der Waals surface area contributed by atoms with E-state index in [-0.39, 0.29) is 37.4 Å². The first-order valence-corrected chi connectivity index (χ1v) is 6.56. The molecule has 9 heteroatoms. The van der Waals surface area contributed by atoms with Crippen molar-refractivity contribution in [3.8, 4) is 11.6 Å². The number of nitrogens with zero attached hydrogens (tertiary/aromatic N) is 3. The van der Waals surface area contributed by atoms with Gasteiger partial charge in [-0.1, -0.05) is 5.16 Å². The van der Waals surface area contributed by atoms with Crippen molar-refractivity contribution in [2.75, 3.05) is 0 Å². The SMILES string of the molecule is O=C(CCc1nc(-c2ccco2)no1)ON1C(=O)CCC1=O. The zero-order valence-corrected chi connectivity index (χ0v) is 11.4. The standard InChI is InChI=1S/C13H11N3O6/c17-10-4-5-11(18)16(10)22-12(19)6-3-9-14-13(15-21-9)8-2-1-7-20-8/h1-2,7H,3-6H2. The van der Waals surface area contributed by atoms with E-state index in [4.69, 9.17) is 13.8 Å². The molecular formula is C13H11N3O6. The summed E-state index contributed by atoms with van der Waals surface area (Å²) < 4.78 is 10.1. The quantitative estimate of drug-likeness (QED) is 0.747. The molecule has 0 aromatic carbocycles. The minimum absolute atomic E-state index is 0.0578. The molecule has 0 N–H and O–H groups in total. The summed E-state index contributed by atoms with van der Waals surface area (Å²) in [5.41, 5.74) is 0. The van der Waals surface area contributed by atoms with E-state index in [9.17, 15) is 14.4 Å². The molecule has 3 rings (SSSR count). The number of furan rings is 1. The summed E-state index contributed by atoms with van der Waals surface area (Å²) in [6.45, 7) is 0. The fraction of sp³-hybridized carbons (Fsp3) is 0.308. The van der Waals surface area contributed by atoms with Crippen LogP contribution in [-0.4, -0.2) is 33.0 Å². The van der Waals surface area contributed by atoms with Crippen LogP contribution in [0.25, 0.3) is 11.6 Å². The maximum absolute atomic E-state index is 11.6. The van der Waals surface area contributed by atoms with Gasteiger partial charge in [0, 0.05) is 19.3 Å². The van der Waals surface area contributed by atoms with Gasteiger partial charge in [-0.2, -0.15) is 4.98 Å². The largest absolute Gasteiger partial charge is 0.461 e. The lowest BCUT2D eigenvalue weighted by atomic mass is 10.3. The molecule has 0 atom stereocenters. The van der Waals surface area contributed by atoms with Gasteiger partial charge in [0.25, 0.3) is 11.8 Å². The van der Waals surface area contributed by atoms with Crippen molar-refractivity contribution in [3.05, 3.63) is 24.3 Å². The Morgan fingerprint density at radius 2 is 2.09 bits per heavy atom. The van der Waals surface area contributed by atoms with Gasteiger partial charge in [0.1, 0.15) is 0 Å². The summed E-state index contributed by atoms with van der Waals surface area (Å²) in [5, 5.41) is 4.22. The van der Waals surface area contributed by atoms with Gasteiger partial charge in [-0.3, -0.25) is 9.59 Å². The summed E-state index contributed by atoms with van der Waals surface area (Å²) in [4.78, 5) is 43.0. The molecule has 0 radical (unpaired) electrons. The van der Waals surface area contributed by atoms with E-state index in [2.05, 4.69) is 10.1 Å². The molecular weight excluding hydrogens is 294 g/mol. The molecule has 0 bridgehead atoms. The fourth-order valence-corrected chi connectivity index (χ4v) is 1.88. The number of imide groups is 1. The Morgan fingerprint density at radius 3 is 2.77 bits per heavy atom. The van der Waals surface area contributed by atoms with Crippen molar-refractivity contribution in [3.63, 3.8) is 0 Å². The third kappa shape index (κ3) is 2.87. The Bertz CT molecular complexity index is 689. The van der Waals surface area contributed by atoms with Crippen molar-refractivity contribution in [2.45, 2.75) is 25.7 Å². The van der Waals surface area contributed by atoms with E-state index in [1.165, 1.54) is 6.26 Å². The van der Waals surface area contributed by atoms with E-state index in [0.717, 1.165) is 0 Å². The second-order valence-corrected chi connectivity index (χ2v) is 4.53. The number of amides is 2. The third-order valence-electron chi connectivity index (χ3n) is 2.95. The maximum Gasteiger partial charge on any atom is 0.333 e. The maximum atomic E-state index is 11.6. The van der Waals surface area contributed by atoms with Crippen LogP contribution in [0.15, 0.2) is 27.3 Å². The van der Waals surface area contributed by atoms with Crippen molar-refractivity contribution >= 4 is 17.8 Å². The lowest BCUT2D eigenvalue weighted by Gasteiger charge is -2.11. The van der Waals surface area contributed by atoms with Crippen LogP contribution in [0, 0.1) is 0 Å². The molecule has 1 saturated heterocycles. The van der Waals surface area contributed by atoms with Crippen LogP contribution < -0.4 is 0 Å². The Balaban J connectivity index is 1.53. The second-order valence-electron chi connectivity index (χ2n) is 4.53. The van der Waals surface area contributed by atoms with E-state index >= 15 is 0 Å². The molecule has 1 aliphatic rings. The molecule has 2 aromatic heterocycles. The molecule has 1 aliphatic heterocycles. The van der Waals surface area contributed by atoms with Gasteiger partial charge in [0.05, 0.1) is 12.7 Å². The topological polar surface area (TPSA) is 116 Å². The molecule has 1 fully saturated rings. The van der Waals surface area contributed by atoms with Gasteiger partial charge in [-0.25, -0.2) is 4.79 Å². The Hall–Kier alpha value is -2.97. The highest BCUT2D eigenvalue weighted by atomic mass is 16.7. The summed E-state index contributed by atoms with van der Waals surface area (Å²) in [6.07, 6.45) is 1.62. The molecule has 0 saturated carbocycles. The highest BCUT2D eigenvalue weighted by Gasteiger charge is 2.32. The van der Waals surface area contributed by atoms with E-state index < -0.39 is 17.8 Å². The zero-order valence-electron chi connectivity index (χ0n) is 11.4. The number of aromatic nitrogens is 2. The molecule has 2 amide bonds. The van der Waals surface area contributed by atoms with Crippen LogP contribution in [0.3, 0.4) is 0 Å². The van der Waals surface area contributed by atoms with Crippen molar-refractivity contribution in [1.29, 1.82) is 0 Å². The van der Waals surface area contributed by atoms with E-state index in [1.807, 2.05) is 0 Å². The van der Waals surface area contributed by atoms with Crippen molar-refractivity contribution < 1.29 is 28.2 Å². The number of hydroxylamine groups is 2. The molecule has 9 nitrogen and oxygen atoms in total. The summed E-state index contributed by atoms with van der Waals surface area (Å²) in [5.74, 6) is -0.805. The summed E-state index contributed by atoms with van der Waals surface area (Å²) in [6, 6.07) is 3.36. The van der Waals surface area contributed by atoms with Crippen LogP contribution in [0.5, 0.6) is 0 Å². The number of rotatable bonds is 5. The minimum Gasteiger partial charge on any atom is -0.461 e. The third-order valence-corrected chi connectivity index (χ3v) is 2.95. The second kappa shape index (κ2) is 5.80. The normalized spacial score (nSPS) is 14.6. The molecule has 22 heavy (non-hydrogen) atoms. The average Bonchev–Trinajstić information content (AvgIpc) is 3.22. The predicted molar refractivity (Wildman–Crippen MR) is 67.5 cm³/mol. The molecule has 0 spiro atoms. The Morgan fingerprint density at radius 1 is 1.32 bits per heavy atom. The van der Waals surface area contributed by atoms with Gasteiger partial charge >= 0.3 is 5.97 Å². The highest BCUT2D eigenvalue weighted by molar-refractivity contribution is 6.01. The predicted octanol–water partition coefficient (Wildman–Crippen LogP) is 0.869.